The second kappa shape index (κ2) is 14.8. The van der Waals surface area contributed by atoms with Gasteiger partial charge in [0.2, 0.25) is 5.95 Å². The van der Waals surface area contributed by atoms with E-state index in [0.29, 0.717) is 28.5 Å². The molecule has 296 valence electrons. The molecule has 0 spiro atoms. The first-order valence-electron chi connectivity index (χ1n) is 21.0. The molecular weight excluding hydrogens is 773 g/mol. The van der Waals surface area contributed by atoms with E-state index in [9.17, 15) is 0 Å². The minimum Gasteiger partial charge on any atom is -0.309 e. The summed E-state index contributed by atoms with van der Waals surface area (Å²) in [7, 11) is 0. The maximum absolute atomic E-state index is 15.2. The van der Waals surface area contributed by atoms with E-state index < -0.39 is 0 Å². The van der Waals surface area contributed by atoms with Crippen molar-refractivity contribution in [1.29, 1.82) is 0 Å². The first kappa shape index (κ1) is 36.2. The summed E-state index contributed by atoms with van der Waals surface area (Å²) in [6.07, 6.45) is 1.86. The topological polar surface area (TPSA) is 70.5 Å². The van der Waals surface area contributed by atoms with E-state index in [1.165, 1.54) is 5.39 Å². The van der Waals surface area contributed by atoms with Crippen molar-refractivity contribution in [3.8, 4) is 62.4 Å². The molecule has 12 rings (SSSR count). The van der Waals surface area contributed by atoms with Gasteiger partial charge in [-0.2, -0.15) is 9.97 Å². The first-order valence-corrected chi connectivity index (χ1v) is 21.0. The molecule has 0 aliphatic rings. The van der Waals surface area contributed by atoms with E-state index in [1.807, 2.05) is 114 Å². The highest BCUT2D eigenvalue weighted by Crippen LogP contribution is 2.38. The van der Waals surface area contributed by atoms with Gasteiger partial charge >= 0.3 is 0 Å². The van der Waals surface area contributed by atoms with Crippen molar-refractivity contribution in [3.05, 3.63) is 229 Å². The molecule has 7 nitrogen and oxygen atoms in total. The Bertz CT molecular complexity index is 3690. The number of hydrogen-bond donors (Lipinski definition) is 0. The number of benzene rings is 8. The Morgan fingerprint density at radius 2 is 0.841 bits per heavy atom. The van der Waals surface area contributed by atoms with Crippen LogP contribution in [0, 0.1) is 0 Å². The molecular formula is C56H36N6O. The molecule has 4 aromatic heterocycles. The molecule has 63 heavy (non-hydrogen) atoms. The summed E-state index contributed by atoms with van der Waals surface area (Å²) in [5, 5.41) is 3.71. The molecule has 4 heterocycles. The van der Waals surface area contributed by atoms with E-state index in [2.05, 4.69) is 114 Å². The van der Waals surface area contributed by atoms with E-state index in [0.717, 1.165) is 72.1 Å². The van der Waals surface area contributed by atoms with Crippen LogP contribution in [0.15, 0.2) is 223 Å². The van der Waals surface area contributed by atoms with Crippen molar-refractivity contribution in [2.24, 2.45) is 0 Å². The number of aromatic nitrogens is 6. The Hall–Kier alpha value is -8.68. The maximum atomic E-state index is 15.2. The Labute approximate surface area is 362 Å². The Morgan fingerprint density at radius 1 is 0.333 bits per heavy atom. The number of nitrogens with zero attached hydrogens (tertiary/aromatic N) is 6. The van der Waals surface area contributed by atoms with Gasteiger partial charge in [0.25, 0.3) is 5.56 Å². The highest BCUT2D eigenvalue weighted by atomic mass is 16.1. The lowest BCUT2D eigenvalue weighted by Crippen LogP contribution is -2.17. The smallest absolute Gasteiger partial charge is 0.265 e. The van der Waals surface area contributed by atoms with Gasteiger partial charge in [0, 0.05) is 44.9 Å². The number of fused-ring (bicyclic) bond motifs is 6. The molecule has 0 saturated carbocycles. The van der Waals surface area contributed by atoms with E-state index in [1.54, 1.807) is 4.57 Å². The molecule has 0 unspecified atom stereocenters. The highest BCUT2D eigenvalue weighted by molar-refractivity contribution is 6.12. The van der Waals surface area contributed by atoms with Crippen LogP contribution >= 0.6 is 0 Å². The molecule has 0 atom stereocenters. The monoisotopic (exact) mass is 808 g/mol. The average Bonchev–Trinajstić information content (AvgIpc) is 3.88. The van der Waals surface area contributed by atoms with E-state index in [4.69, 9.17) is 15.0 Å². The lowest BCUT2D eigenvalue weighted by atomic mass is 10.0. The molecule has 0 amide bonds. The molecule has 0 aliphatic carbocycles. The minimum absolute atomic E-state index is 0.138. The molecule has 0 radical (unpaired) electrons. The lowest BCUT2D eigenvalue weighted by Gasteiger charge is -2.12. The van der Waals surface area contributed by atoms with Crippen LogP contribution in [0.25, 0.3) is 106 Å². The molecule has 7 heteroatoms. The van der Waals surface area contributed by atoms with Crippen LogP contribution in [0.1, 0.15) is 0 Å². The molecule has 0 aliphatic heterocycles. The van der Waals surface area contributed by atoms with Gasteiger partial charge in [0.15, 0.2) is 11.6 Å². The van der Waals surface area contributed by atoms with Gasteiger partial charge in [-0.05, 0) is 82.9 Å². The molecule has 12 aromatic rings. The van der Waals surface area contributed by atoms with Crippen LogP contribution in [0.2, 0.25) is 0 Å². The third-order valence-corrected chi connectivity index (χ3v) is 12.0. The lowest BCUT2D eigenvalue weighted by molar-refractivity contribution is 0.948. The SMILES string of the molecule is O=c1c2c3cc(-c4ccc5c(c4)c4ccccc4n5-c4ccccc4)ccc3n(-c3nc(-c4ccccc4)nc(-c4ccccc4)n3)c2ccn1-c1cccc(-c2ccccc2)c1. The van der Waals surface area contributed by atoms with Crippen LogP contribution in [0.3, 0.4) is 0 Å². The zero-order valence-corrected chi connectivity index (χ0v) is 33.9. The Balaban J connectivity index is 1.11. The molecule has 0 saturated heterocycles. The van der Waals surface area contributed by atoms with Gasteiger partial charge in [0.1, 0.15) is 0 Å². The van der Waals surface area contributed by atoms with Gasteiger partial charge in [-0.1, -0.05) is 152 Å². The summed E-state index contributed by atoms with van der Waals surface area (Å²) in [5.74, 6) is 1.51. The highest BCUT2D eigenvalue weighted by Gasteiger charge is 2.22. The Kier molecular flexibility index (Phi) is 8.50. The van der Waals surface area contributed by atoms with Crippen LogP contribution in [-0.4, -0.2) is 28.7 Å². The summed E-state index contributed by atoms with van der Waals surface area (Å²) in [6, 6.07) is 72.3. The number of pyridine rings is 1. The fourth-order valence-electron chi connectivity index (χ4n) is 9.00. The number of hydrogen-bond acceptors (Lipinski definition) is 4. The molecule has 0 N–H and O–H groups in total. The van der Waals surface area contributed by atoms with Gasteiger partial charge in [-0.3, -0.25) is 13.9 Å². The first-order chi connectivity index (χ1) is 31.2. The van der Waals surface area contributed by atoms with Crippen molar-refractivity contribution in [1.82, 2.24) is 28.7 Å². The van der Waals surface area contributed by atoms with Crippen LogP contribution in [0.5, 0.6) is 0 Å². The van der Waals surface area contributed by atoms with E-state index >= 15 is 4.79 Å². The van der Waals surface area contributed by atoms with Gasteiger partial charge in [-0.15, -0.1) is 0 Å². The van der Waals surface area contributed by atoms with Crippen molar-refractivity contribution >= 4 is 43.6 Å². The fraction of sp³-hybridized carbons (Fsp3) is 0. The zero-order valence-electron chi connectivity index (χ0n) is 33.9. The van der Waals surface area contributed by atoms with Crippen LogP contribution in [0.4, 0.5) is 0 Å². The van der Waals surface area contributed by atoms with Gasteiger partial charge in [0.05, 0.1) is 27.5 Å². The normalized spacial score (nSPS) is 11.6. The maximum Gasteiger partial charge on any atom is 0.265 e. The quantitative estimate of drug-likeness (QED) is 0.161. The van der Waals surface area contributed by atoms with Crippen LogP contribution in [-0.2, 0) is 0 Å². The number of para-hydroxylation sites is 2. The molecule has 0 fully saturated rings. The second-order valence-electron chi connectivity index (χ2n) is 15.7. The Morgan fingerprint density at radius 3 is 1.51 bits per heavy atom. The van der Waals surface area contributed by atoms with Gasteiger partial charge < -0.3 is 4.57 Å². The summed E-state index contributed by atoms with van der Waals surface area (Å²) in [4.78, 5) is 30.4. The molecule has 8 aromatic carbocycles. The predicted molar refractivity (Wildman–Crippen MR) is 256 cm³/mol. The summed E-state index contributed by atoms with van der Waals surface area (Å²) >= 11 is 0. The van der Waals surface area contributed by atoms with Crippen molar-refractivity contribution in [3.63, 3.8) is 0 Å². The predicted octanol–water partition coefficient (Wildman–Crippen LogP) is 12.9. The van der Waals surface area contributed by atoms with Crippen molar-refractivity contribution in [2.45, 2.75) is 0 Å². The number of rotatable bonds is 7. The summed E-state index contributed by atoms with van der Waals surface area (Å²) in [6.45, 7) is 0. The molecule has 0 bridgehead atoms. The third kappa shape index (κ3) is 6.13. The third-order valence-electron chi connectivity index (χ3n) is 12.0. The largest absolute Gasteiger partial charge is 0.309 e. The summed E-state index contributed by atoms with van der Waals surface area (Å²) in [5.41, 5.74) is 11.4. The summed E-state index contributed by atoms with van der Waals surface area (Å²) < 4.78 is 6.08. The standard InChI is InChI=1S/C56H36N6O/c63-55-52-47-36-42(41-28-30-49-46(35-41)45-26-13-14-27-48(45)61(49)43-23-11-4-12-24-43)29-31-50(47)62(51(52)32-33-60(55)44-25-15-22-40(34-44)37-16-5-1-6-17-37)56-58-53(38-18-7-2-8-19-38)57-54(59-56)39-20-9-3-10-21-39/h1-36H. The van der Waals surface area contributed by atoms with Gasteiger partial charge in [-0.25, -0.2) is 4.98 Å². The van der Waals surface area contributed by atoms with E-state index in [-0.39, 0.29) is 5.56 Å². The zero-order chi connectivity index (χ0) is 41.9. The minimum atomic E-state index is -0.138. The van der Waals surface area contributed by atoms with Crippen molar-refractivity contribution < 1.29 is 0 Å². The second-order valence-corrected chi connectivity index (χ2v) is 15.7. The van der Waals surface area contributed by atoms with Crippen LogP contribution < -0.4 is 5.56 Å². The fourth-order valence-corrected chi connectivity index (χ4v) is 9.00. The van der Waals surface area contributed by atoms with Crippen molar-refractivity contribution in [2.75, 3.05) is 0 Å². The average molecular weight is 809 g/mol.